The number of anilines is 3. The topological polar surface area (TPSA) is 3.24 Å². The maximum Gasteiger partial charge on any atom is 0.0618 e. The highest BCUT2D eigenvalue weighted by Crippen LogP contribution is 2.48. The molecule has 0 N–H and O–H groups in total. The van der Waals surface area contributed by atoms with Crippen LogP contribution in [-0.2, 0) is 0 Å². The molecule has 0 saturated heterocycles. The van der Waals surface area contributed by atoms with Crippen LogP contribution < -0.4 is 4.90 Å². The van der Waals surface area contributed by atoms with Crippen molar-refractivity contribution in [1.29, 1.82) is 0 Å². The lowest BCUT2D eigenvalue weighted by atomic mass is 9.89. The third-order valence-corrected chi connectivity index (χ3v) is 8.17. The van der Waals surface area contributed by atoms with Gasteiger partial charge in [-0.15, -0.1) is 0 Å². The number of nitrogens with zero attached hydrogens (tertiary/aromatic N) is 1. The molecular formula is C40H27N. The average molecular weight is 522 g/mol. The Bertz CT molecular complexity index is 2150. The summed E-state index contributed by atoms with van der Waals surface area (Å²) in [6, 6.07) is 59.3. The van der Waals surface area contributed by atoms with Gasteiger partial charge < -0.3 is 4.90 Å². The van der Waals surface area contributed by atoms with Crippen LogP contribution >= 0.6 is 0 Å². The molecule has 0 atom stereocenters. The van der Waals surface area contributed by atoms with Crippen LogP contribution in [0.3, 0.4) is 0 Å². The van der Waals surface area contributed by atoms with E-state index in [4.69, 9.17) is 0 Å². The lowest BCUT2D eigenvalue weighted by molar-refractivity contribution is 1.32. The van der Waals surface area contributed by atoms with Gasteiger partial charge in [0.15, 0.2) is 0 Å². The van der Waals surface area contributed by atoms with E-state index < -0.39 is 0 Å². The zero-order chi connectivity index (χ0) is 27.2. The average Bonchev–Trinajstić information content (AvgIpc) is 3.05. The Balaban J connectivity index is 1.48. The smallest absolute Gasteiger partial charge is 0.0618 e. The molecule has 0 aliphatic carbocycles. The van der Waals surface area contributed by atoms with Crippen LogP contribution in [0.25, 0.3) is 54.2 Å². The van der Waals surface area contributed by atoms with Crippen LogP contribution in [0, 0.1) is 0 Å². The van der Waals surface area contributed by atoms with Gasteiger partial charge in [0.05, 0.1) is 5.69 Å². The van der Waals surface area contributed by atoms with Gasteiger partial charge in [-0.1, -0.05) is 133 Å². The largest absolute Gasteiger partial charge is 0.309 e. The molecule has 0 saturated carbocycles. The molecule has 0 fully saturated rings. The molecule has 0 unspecified atom stereocenters. The van der Waals surface area contributed by atoms with Crippen molar-refractivity contribution in [2.75, 3.05) is 4.90 Å². The van der Waals surface area contributed by atoms with Gasteiger partial charge in [-0.25, -0.2) is 0 Å². The summed E-state index contributed by atoms with van der Waals surface area (Å²) in [5.74, 6) is 0. The first kappa shape index (κ1) is 23.5. The SMILES string of the molecule is c1ccc(N(c2ccc3ccccc3c2)c2c3ccccc3c(-c3ccc4ccccc4c3)c3ccccc23)cc1. The molecule has 8 aromatic carbocycles. The van der Waals surface area contributed by atoms with Gasteiger partial charge in [0.25, 0.3) is 0 Å². The van der Waals surface area contributed by atoms with Crippen LogP contribution in [0.1, 0.15) is 0 Å². The molecule has 0 amide bonds. The zero-order valence-electron chi connectivity index (χ0n) is 22.5. The van der Waals surface area contributed by atoms with E-state index in [1.807, 2.05) is 0 Å². The summed E-state index contributed by atoms with van der Waals surface area (Å²) in [4.78, 5) is 2.43. The number of hydrogen-bond donors (Lipinski definition) is 0. The predicted octanol–water partition coefficient (Wildman–Crippen LogP) is 11.4. The first-order valence-corrected chi connectivity index (χ1v) is 14.1. The fourth-order valence-corrected chi connectivity index (χ4v) is 6.30. The summed E-state index contributed by atoms with van der Waals surface area (Å²) in [5.41, 5.74) is 5.99. The van der Waals surface area contributed by atoms with Crippen molar-refractivity contribution in [1.82, 2.24) is 0 Å². The molecule has 41 heavy (non-hydrogen) atoms. The second-order valence-electron chi connectivity index (χ2n) is 10.6. The molecule has 0 aliphatic rings. The number of para-hydroxylation sites is 1. The van der Waals surface area contributed by atoms with Gasteiger partial charge in [-0.2, -0.15) is 0 Å². The van der Waals surface area contributed by atoms with E-state index in [0.717, 1.165) is 11.4 Å². The summed E-state index contributed by atoms with van der Waals surface area (Å²) < 4.78 is 0. The molecule has 1 heteroatoms. The number of rotatable bonds is 4. The van der Waals surface area contributed by atoms with E-state index in [1.54, 1.807) is 0 Å². The van der Waals surface area contributed by atoms with Crippen LogP contribution in [0.4, 0.5) is 17.1 Å². The van der Waals surface area contributed by atoms with Crippen molar-refractivity contribution in [2.45, 2.75) is 0 Å². The quantitative estimate of drug-likeness (QED) is 0.208. The standard InChI is InChI=1S/C40H27N/c1-2-16-33(17-3-1)41(34-25-24-29-13-5-7-15-31(29)27-34)40-37-20-10-8-18-35(37)39(36-19-9-11-21-38(36)40)32-23-22-28-12-4-6-14-30(28)26-32/h1-27H. The van der Waals surface area contributed by atoms with Crippen molar-refractivity contribution >= 4 is 60.2 Å². The second-order valence-corrected chi connectivity index (χ2v) is 10.6. The fourth-order valence-electron chi connectivity index (χ4n) is 6.30. The normalized spacial score (nSPS) is 11.4. The summed E-state index contributed by atoms with van der Waals surface area (Å²) in [5, 5.41) is 9.93. The first-order chi connectivity index (χ1) is 20.3. The minimum absolute atomic E-state index is 1.14. The molecule has 0 radical (unpaired) electrons. The predicted molar refractivity (Wildman–Crippen MR) is 177 cm³/mol. The van der Waals surface area contributed by atoms with E-state index >= 15 is 0 Å². The molecule has 0 bridgehead atoms. The lowest BCUT2D eigenvalue weighted by Crippen LogP contribution is -2.11. The van der Waals surface area contributed by atoms with Crippen molar-refractivity contribution in [3.05, 3.63) is 164 Å². The Labute approximate surface area is 239 Å². The highest BCUT2D eigenvalue weighted by molar-refractivity contribution is 6.22. The fraction of sp³-hybridized carbons (Fsp3) is 0. The number of benzene rings is 8. The van der Waals surface area contributed by atoms with Crippen LogP contribution in [0.15, 0.2) is 164 Å². The Morgan fingerprint density at radius 3 is 1.44 bits per heavy atom. The third kappa shape index (κ3) is 3.94. The van der Waals surface area contributed by atoms with Gasteiger partial charge in [0, 0.05) is 22.1 Å². The van der Waals surface area contributed by atoms with Crippen LogP contribution in [0.2, 0.25) is 0 Å². The van der Waals surface area contributed by atoms with Gasteiger partial charge in [0.1, 0.15) is 0 Å². The number of fused-ring (bicyclic) bond motifs is 4. The first-order valence-electron chi connectivity index (χ1n) is 14.1. The van der Waals surface area contributed by atoms with Crippen molar-refractivity contribution in [3.63, 3.8) is 0 Å². The van der Waals surface area contributed by atoms with Crippen LogP contribution in [-0.4, -0.2) is 0 Å². The summed E-state index contributed by atoms with van der Waals surface area (Å²) in [6.07, 6.45) is 0. The van der Waals surface area contributed by atoms with Crippen molar-refractivity contribution < 1.29 is 0 Å². The maximum atomic E-state index is 2.43. The van der Waals surface area contributed by atoms with E-state index in [2.05, 4.69) is 169 Å². The molecule has 0 spiro atoms. The molecule has 1 nitrogen and oxygen atoms in total. The summed E-state index contributed by atoms with van der Waals surface area (Å²) in [6.45, 7) is 0. The van der Waals surface area contributed by atoms with Gasteiger partial charge in [-0.3, -0.25) is 0 Å². The number of hydrogen-bond acceptors (Lipinski definition) is 1. The Kier molecular flexibility index (Phi) is 5.53. The van der Waals surface area contributed by atoms with E-state index in [-0.39, 0.29) is 0 Å². The van der Waals surface area contributed by atoms with Crippen molar-refractivity contribution in [2.24, 2.45) is 0 Å². The second kappa shape index (κ2) is 9.66. The highest BCUT2D eigenvalue weighted by atomic mass is 15.1. The summed E-state index contributed by atoms with van der Waals surface area (Å²) >= 11 is 0. The minimum atomic E-state index is 1.14. The molecule has 8 aromatic rings. The van der Waals surface area contributed by atoms with Gasteiger partial charge in [0.2, 0.25) is 0 Å². The van der Waals surface area contributed by atoms with E-state index in [9.17, 15) is 0 Å². The van der Waals surface area contributed by atoms with E-state index in [0.29, 0.717) is 0 Å². The maximum absolute atomic E-state index is 2.43. The van der Waals surface area contributed by atoms with Gasteiger partial charge >= 0.3 is 0 Å². The Hall–Kier alpha value is -5.40. The zero-order valence-corrected chi connectivity index (χ0v) is 22.5. The summed E-state index contributed by atoms with van der Waals surface area (Å²) in [7, 11) is 0. The molecule has 192 valence electrons. The molecule has 0 aromatic heterocycles. The Morgan fingerprint density at radius 2 is 0.805 bits per heavy atom. The molecular weight excluding hydrogens is 494 g/mol. The van der Waals surface area contributed by atoms with Crippen molar-refractivity contribution in [3.8, 4) is 11.1 Å². The molecule has 0 heterocycles. The lowest BCUT2D eigenvalue weighted by Gasteiger charge is -2.29. The Morgan fingerprint density at radius 1 is 0.317 bits per heavy atom. The van der Waals surface area contributed by atoms with Crippen LogP contribution in [0.5, 0.6) is 0 Å². The highest BCUT2D eigenvalue weighted by Gasteiger charge is 2.22. The molecule has 8 rings (SSSR count). The minimum Gasteiger partial charge on any atom is -0.309 e. The van der Waals surface area contributed by atoms with Gasteiger partial charge in [-0.05, 0) is 73.8 Å². The van der Waals surface area contributed by atoms with E-state index in [1.165, 1.54) is 59.9 Å². The third-order valence-electron chi connectivity index (χ3n) is 8.17. The monoisotopic (exact) mass is 521 g/mol. The molecule has 0 aliphatic heterocycles.